The normalized spacial score (nSPS) is 19.6. The van der Waals surface area contributed by atoms with Gasteiger partial charge in [-0.3, -0.25) is 9.59 Å². The summed E-state index contributed by atoms with van der Waals surface area (Å²) >= 11 is 0. The molecule has 1 heterocycles. The van der Waals surface area contributed by atoms with E-state index in [1.165, 1.54) is 41.3 Å². The SMILES string of the molecule is Cc1cc(F)c([C@@H]2CN(C)C(=O)[C@H]2CC(=O)Cc2ccc(F)cc2)c(F)c1. The van der Waals surface area contributed by atoms with Gasteiger partial charge in [0, 0.05) is 37.9 Å². The van der Waals surface area contributed by atoms with Crippen LogP contribution in [0.25, 0.3) is 0 Å². The van der Waals surface area contributed by atoms with E-state index in [1.807, 2.05) is 0 Å². The molecule has 0 radical (unpaired) electrons. The Morgan fingerprint density at radius 3 is 2.30 bits per heavy atom. The molecule has 1 saturated heterocycles. The van der Waals surface area contributed by atoms with Crippen molar-refractivity contribution in [3.63, 3.8) is 0 Å². The second-order valence-electron chi connectivity index (χ2n) is 7.12. The minimum atomic E-state index is -0.811. The Bertz CT molecular complexity index is 856. The summed E-state index contributed by atoms with van der Waals surface area (Å²) in [5.74, 6) is -3.85. The average molecular weight is 375 g/mol. The molecule has 1 fully saturated rings. The minimum Gasteiger partial charge on any atom is -0.345 e. The van der Waals surface area contributed by atoms with Crippen molar-refractivity contribution in [3.05, 3.63) is 70.5 Å². The van der Waals surface area contributed by atoms with Crippen molar-refractivity contribution in [2.45, 2.75) is 25.7 Å². The molecule has 27 heavy (non-hydrogen) atoms. The predicted molar refractivity (Wildman–Crippen MR) is 94.7 cm³/mol. The Labute approximate surface area is 155 Å². The summed E-state index contributed by atoms with van der Waals surface area (Å²) in [4.78, 5) is 26.3. The van der Waals surface area contributed by atoms with Gasteiger partial charge in [0.05, 0.1) is 5.92 Å². The maximum absolute atomic E-state index is 14.4. The number of hydrogen-bond acceptors (Lipinski definition) is 2. The number of carbonyl (C=O) groups excluding carboxylic acids is 2. The molecule has 0 unspecified atom stereocenters. The molecule has 6 heteroatoms. The van der Waals surface area contributed by atoms with E-state index in [4.69, 9.17) is 0 Å². The van der Waals surface area contributed by atoms with Crippen LogP contribution in [-0.4, -0.2) is 30.2 Å². The zero-order valence-electron chi connectivity index (χ0n) is 15.1. The first-order valence-corrected chi connectivity index (χ1v) is 8.73. The van der Waals surface area contributed by atoms with Gasteiger partial charge in [0.1, 0.15) is 23.2 Å². The molecule has 2 atom stereocenters. The van der Waals surface area contributed by atoms with Crippen LogP contribution < -0.4 is 0 Å². The van der Waals surface area contributed by atoms with E-state index in [1.54, 1.807) is 14.0 Å². The second kappa shape index (κ2) is 7.55. The predicted octanol–water partition coefficient (Wildman–Crippen LogP) is 3.79. The molecule has 2 aromatic rings. The van der Waals surface area contributed by atoms with E-state index >= 15 is 0 Å². The molecule has 0 aliphatic carbocycles. The van der Waals surface area contributed by atoms with Crippen molar-refractivity contribution >= 4 is 11.7 Å². The molecule has 0 spiro atoms. The zero-order chi connectivity index (χ0) is 19.7. The van der Waals surface area contributed by atoms with Gasteiger partial charge < -0.3 is 4.90 Å². The molecule has 142 valence electrons. The fraction of sp³-hybridized carbons (Fsp3) is 0.333. The van der Waals surface area contributed by atoms with Gasteiger partial charge in [0.15, 0.2) is 0 Å². The van der Waals surface area contributed by atoms with Gasteiger partial charge in [-0.15, -0.1) is 0 Å². The first kappa shape index (κ1) is 19.1. The lowest BCUT2D eigenvalue weighted by Crippen LogP contribution is -2.25. The molecule has 3 rings (SSSR count). The highest BCUT2D eigenvalue weighted by atomic mass is 19.1. The fourth-order valence-corrected chi connectivity index (χ4v) is 3.70. The topological polar surface area (TPSA) is 37.4 Å². The Morgan fingerprint density at radius 2 is 1.70 bits per heavy atom. The third kappa shape index (κ3) is 4.04. The Balaban J connectivity index is 1.82. The van der Waals surface area contributed by atoms with Crippen LogP contribution in [0.3, 0.4) is 0 Å². The molecular formula is C21H20F3NO2. The van der Waals surface area contributed by atoms with Crippen LogP contribution in [0.2, 0.25) is 0 Å². The lowest BCUT2D eigenvalue weighted by Gasteiger charge is -2.18. The van der Waals surface area contributed by atoms with E-state index in [0.29, 0.717) is 11.1 Å². The van der Waals surface area contributed by atoms with Crippen LogP contribution >= 0.6 is 0 Å². The third-order valence-corrected chi connectivity index (χ3v) is 5.01. The number of nitrogens with zero attached hydrogens (tertiary/aromatic N) is 1. The number of halogens is 3. The number of likely N-dealkylation sites (tertiary alicyclic amines) is 1. The van der Waals surface area contributed by atoms with Crippen molar-refractivity contribution in [1.82, 2.24) is 4.90 Å². The number of carbonyl (C=O) groups is 2. The Hall–Kier alpha value is -2.63. The second-order valence-corrected chi connectivity index (χ2v) is 7.12. The molecule has 1 aliphatic rings. The maximum Gasteiger partial charge on any atom is 0.226 e. The highest BCUT2D eigenvalue weighted by Crippen LogP contribution is 2.38. The van der Waals surface area contributed by atoms with Gasteiger partial charge in [-0.05, 0) is 42.3 Å². The van der Waals surface area contributed by atoms with Crippen LogP contribution in [0.1, 0.15) is 29.0 Å². The largest absolute Gasteiger partial charge is 0.345 e. The van der Waals surface area contributed by atoms with Gasteiger partial charge in [-0.25, -0.2) is 13.2 Å². The smallest absolute Gasteiger partial charge is 0.226 e. The molecular weight excluding hydrogens is 355 g/mol. The van der Waals surface area contributed by atoms with Gasteiger partial charge in [-0.1, -0.05) is 12.1 Å². The third-order valence-electron chi connectivity index (χ3n) is 5.01. The van der Waals surface area contributed by atoms with Crippen LogP contribution in [0.15, 0.2) is 36.4 Å². The summed E-state index contributed by atoms with van der Waals surface area (Å²) in [5, 5.41) is 0. The lowest BCUT2D eigenvalue weighted by atomic mass is 9.83. The summed E-state index contributed by atoms with van der Waals surface area (Å²) in [5.41, 5.74) is 0.942. The van der Waals surface area contributed by atoms with E-state index < -0.39 is 29.3 Å². The number of benzene rings is 2. The van der Waals surface area contributed by atoms with Gasteiger partial charge in [0.2, 0.25) is 5.91 Å². The van der Waals surface area contributed by atoms with Crippen molar-refractivity contribution < 1.29 is 22.8 Å². The van der Waals surface area contributed by atoms with Crippen molar-refractivity contribution in [3.8, 4) is 0 Å². The Kier molecular flexibility index (Phi) is 5.35. The molecule has 2 aromatic carbocycles. The molecule has 3 nitrogen and oxygen atoms in total. The first-order chi connectivity index (χ1) is 12.8. The van der Waals surface area contributed by atoms with E-state index in [-0.39, 0.29) is 36.6 Å². The Morgan fingerprint density at radius 1 is 1.11 bits per heavy atom. The van der Waals surface area contributed by atoms with Crippen molar-refractivity contribution in [2.24, 2.45) is 5.92 Å². The molecule has 0 N–H and O–H groups in total. The van der Waals surface area contributed by atoms with Crippen LogP contribution in [0.5, 0.6) is 0 Å². The van der Waals surface area contributed by atoms with E-state index in [9.17, 15) is 22.8 Å². The van der Waals surface area contributed by atoms with E-state index in [0.717, 1.165) is 0 Å². The summed E-state index contributed by atoms with van der Waals surface area (Å²) in [6.45, 7) is 1.75. The summed E-state index contributed by atoms with van der Waals surface area (Å²) in [6, 6.07) is 8.00. The van der Waals surface area contributed by atoms with Crippen LogP contribution in [-0.2, 0) is 16.0 Å². The summed E-state index contributed by atoms with van der Waals surface area (Å²) < 4.78 is 41.8. The molecule has 1 amide bonds. The maximum atomic E-state index is 14.4. The standard InChI is InChI=1S/C21H20F3NO2/c1-12-7-18(23)20(19(24)8-12)17-11-25(2)21(27)16(17)10-15(26)9-13-3-5-14(22)6-4-13/h3-8,16-17H,9-11H2,1-2H3/t16-,17+/m0/s1. The number of ketones is 1. The average Bonchev–Trinajstić information content (AvgIpc) is 2.84. The number of amides is 1. The number of rotatable bonds is 5. The number of hydrogen-bond donors (Lipinski definition) is 0. The van der Waals surface area contributed by atoms with Crippen LogP contribution in [0, 0.1) is 30.3 Å². The molecule has 0 bridgehead atoms. The first-order valence-electron chi connectivity index (χ1n) is 8.73. The van der Waals surface area contributed by atoms with E-state index in [2.05, 4.69) is 0 Å². The summed E-state index contributed by atoms with van der Waals surface area (Å²) in [7, 11) is 1.56. The van der Waals surface area contributed by atoms with Crippen molar-refractivity contribution in [1.29, 1.82) is 0 Å². The van der Waals surface area contributed by atoms with Gasteiger partial charge >= 0.3 is 0 Å². The quantitative estimate of drug-likeness (QED) is 0.798. The monoisotopic (exact) mass is 375 g/mol. The number of likely N-dealkylation sites (N-methyl/N-ethyl adjacent to an activating group) is 1. The van der Waals surface area contributed by atoms with Crippen LogP contribution in [0.4, 0.5) is 13.2 Å². The zero-order valence-corrected chi connectivity index (χ0v) is 15.1. The minimum absolute atomic E-state index is 0.0410. The van der Waals surface area contributed by atoms with Crippen molar-refractivity contribution in [2.75, 3.05) is 13.6 Å². The number of aryl methyl sites for hydroxylation is 1. The highest BCUT2D eigenvalue weighted by Gasteiger charge is 2.42. The fourth-order valence-electron chi connectivity index (χ4n) is 3.70. The lowest BCUT2D eigenvalue weighted by molar-refractivity contribution is -0.132. The highest BCUT2D eigenvalue weighted by molar-refractivity contribution is 5.90. The molecule has 0 saturated carbocycles. The summed E-state index contributed by atoms with van der Waals surface area (Å²) in [6.07, 6.45) is -0.0721. The van der Waals surface area contributed by atoms with Gasteiger partial charge in [-0.2, -0.15) is 0 Å². The van der Waals surface area contributed by atoms with Gasteiger partial charge in [0.25, 0.3) is 0 Å². The number of Topliss-reactive ketones (excluding diaryl/α,β-unsaturated/α-hetero) is 1. The molecule has 0 aromatic heterocycles. The molecule has 1 aliphatic heterocycles.